The number of aliphatic hydroxyl groups excluding tert-OH is 3. The first-order valence-corrected chi connectivity index (χ1v) is 6.55. The van der Waals surface area contributed by atoms with Gasteiger partial charge in [0, 0.05) is 17.5 Å². The minimum absolute atomic E-state index is 0.132. The van der Waals surface area contributed by atoms with Crippen LogP contribution >= 0.6 is 11.6 Å². The highest BCUT2D eigenvalue weighted by Crippen LogP contribution is 2.29. The Morgan fingerprint density at radius 2 is 1.95 bits per heavy atom. The standard InChI is InChI=1S/C13H18BClO5/c1-7-4-8(2-3-10(7)15)11(20-14)5-9(6-16)12(17)13(18)19/h2-4,9,11-13,16-19H,5-6H2,1H3. The molecule has 4 N–H and O–H groups in total. The van der Waals surface area contributed by atoms with Gasteiger partial charge in [-0.1, -0.05) is 23.7 Å². The summed E-state index contributed by atoms with van der Waals surface area (Å²) in [5.41, 5.74) is 1.57. The lowest BCUT2D eigenvalue weighted by molar-refractivity contribution is -0.149. The normalized spacial score (nSPS) is 16.1. The van der Waals surface area contributed by atoms with E-state index < -0.39 is 31.0 Å². The first-order chi connectivity index (χ1) is 9.40. The minimum Gasteiger partial charge on any atom is -0.441 e. The number of benzene rings is 1. The molecule has 2 radical (unpaired) electrons. The summed E-state index contributed by atoms with van der Waals surface area (Å²) in [6.07, 6.45) is -3.88. The van der Waals surface area contributed by atoms with E-state index in [1.165, 1.54) is 0 Å². The quantitative estimate of drug-likeness (QED) is 0.434. The van der Waals surface area contributed by atoms with Crippen LogP contribution in [0, 0.1) is 12.8 Å². The van der Waals surface area contributed by atoms with Gasteiger partial charge in [0.2, 0.25) is 0 Å². The van der Waals surface area contributed by atoms with Gasteiger partial charge in [0.25, 0.3) is 8.05 Å². The Labute approximate surface area is 124 Å². The zero-order valence-electron chi connectivity index (χ0n) is 11.1. The van der Waals surface area contributed by atoms with Gasteiger partial charge in [-0.2, -0.15) is 0 Å². The van der Waals surface area contributed by atoms with Crippen molar-refractivity contribution in [1.29, 1.82) is 0 Å². The summed E-state index contributed by atoms with van der Waals surface area (Å²) in [5.74, 6) is -0.778. The van der Waals surface area contributed by atoms with E-state index in [1.54, 1.807) is 18.2 Å². The van der Waals surface area contributed by atoms with Crippen molar-refractivity contribution in [3.05, 3.63) is 34.3 Å². The number of hydrogen-bond donors (Lipinski definition) is 4. The number of aryl methyl sites for hydroxylation is 1. The molecular weight excluding hydrogens is 282 g/mol. The number of rotatable bonds is 7. The van der Waals surface area contributed by atoms with Crippen molar-refractivity contribution in [3.63, 3.8) is 0 Å². The molecule has 1 aromatic carbocycles. The lowest BCUT2D eigenvalue weighted by atomic mass is 9.91. The maximum absolute atomic E-state index is 9.60. The van der Waals surface area contributed by atoms with Crippen LogP contribution in [0.1, 0.15) is 23.7 Å². The highest BCUT2D eigenvalue weighted by atomic mass is 35.5. The summed E-state index contributed by atoms with van der Waals surface area (Å²) < 4.78 is 4.86. The fourth-order valence-electron chi connectivity index (χ4n) is 1.98. The third-order valence-corrected chi connectivity index (χ3v) is 3.68. The highest BCUT2D eigenvalue weighted by Gasteiger charge is 2.27. The molecule has 5 nitrogen and oxygen atoms in total. The van der Waals surface area contributed by atoms with Crippen LogP contribution in [0.25, 0.3) is 0 Å². The predicted octanol–water partition coefficient (Wildman–Crippen LogP) is 0.460. The van der Waals surface area contributed by atoms with Gasteiger partial charge in [-0.05, 0) is 30.5 Å². The van der Waals surface area contributed by atoms with E-state index in [-0.39, 0.29) is 6.42 Å². The predicted molar refractivity (Wildman–Crippen MR) is 75.2 cm³/mol. The molecule has 0 aliphatic heterocycles. The average molecular weight is 301 g/mol. The van der Waals surface area contributed by atoms with Crippen LogP contribution in [0.5, 0.6) is 0 Å². The summed E-state index contributed by atoms with van der Waals surface area (Å²) >= 11 is 5.94. The van der Waals surface area contributed by atoms with Crippen molar-refractivity contribution >= 4 is 19.7 Å². The van der Waals surface area contributed by atoms with Crippen LogP contribution in [0.4, 0.5) is 0 Å². The van der Waals surface area contributed by atoms with Gasteiger partial charge >= 0.3 is 0 Å². The van der Waals surface area contributed by atoms with Gasteiger partial charge in [-0.25, -0.2) is 0 Å². The highest BCUT2D eigenvalue weighted by molar-refractivity contribution is 6.31. The van der Waals surface area contributed by atoms with E-state index in [0.29, 0.717) is 5.02 Å². The smallest absolute Gasteiger partial charge is 0.283 e. The molecule has 3 unspecified atom stereocenters. The van der Waals surface area contributed by atoms with Crippen LogP contribution in [0.2, 0.25) is 5.02 Å². The summed E-state index contributed by atoms with van der Waals surface area (Å²) in [6, 6.07) is 5.21. The van der Waals surface area contributed by atoms with Crippen LogP contribution in [0.15, 0.2) is 18.2 Å². The Morgan fingerprint density at radius 3 is 2.40 bits per heavy atom. The molecule has 0 spiro atoms. The van der Waals surface area contributed by atoms with Crippen LogP contribution < -0.4 is 0 Å². The van der Waals surface area contributed by atoms with Crippen molar-refractivity contribution in [2.24, 2.45) is 5.92 Å². The van der Waals surface area contributed by atoms with Gasteiger partial charge in [-0.15, -0.1) is 0 Å². The molecule has 20 heavy (non-hydrogen) atoms. The number of halogens is 1. The monoisotopic (exact) mass is 300 g/mol. The Bertz CT molecular complexity index is 429. The Hall–Kier alpha value is -0.625. The number of aliphatic hydroxyl groups is 4. The lowest BCUT2D eigenvalue weighted by Crippen LogP contribution is -2.36. The van der Waals surface area contributed by atoms with E-state index in [0.717, 1.165) is 11.1 Å². The van der Waals surface area contributed by atoms with E-state index in [2.05, 4.69) is 0 Å². The average Bonchev–Trinajstić information content (AvgIpc) is 2.42. The molecule has 0 amide bonds. The molecule has 0 aliphatic carbocycles. The molecule has 0 saturated heterocycles. The molecular formula is C13H18BClO5. The topological polar surface area (TPSA) is 90.2 Å². The van der Waals surface area contributed by atoms with Gasteiger partial charge in [0.05, 0.1) is 6.10 Å². The summed E-state index contributed by atoms with van der Waals surface area (Å²) in [7, 11) is 5.25. The Morgan fingerprint density at radius 1 is 1.30 bits per heavy atom. The van der Waals surface area contributed by atoms with Gasteiger partial charge in [-0.3, -0.25) is 0 Å². The summed E-state index contributed by atoms with van der Waals surface area (Å²) in [4.78, 5) is 0. The SMILES string of the molecule is [B]OC(CC(CO)C(O)C(O)O)c1ccc(Cl)c(C)c1. The van der Waals surface area contributed by atoms with Crippen LogP contribution in [0.3, 0.4) is 0 Å². The van der Waals surface area contributed by atoms with Crippen LogP contribution in [-0.4, -0.2) is 47.5 Å². The van der Waals surface area contributed by atoms with E-state index in [9.17, 15) is 10.2 Å². The minimum atomic E-state index is -1.93. The summed E-state index contributed by atoms with van der Waals surface area (Å²) in [6.45, 7) is 1.40. The molecule has 0 aliphatic rings. The molecule has 110 valence electrons. The fourth-order valence-corrected chi connectivity index (χ4v) is 2.10. The molecule has 1 aromatic rings. The van der Waals surface area contributed by atoms with Crippen molar-refractivity contribution in [1.82, 2.24) is 0 Å². The first-order valence-electron chi connectivity index (χ1n) is 6.17. The molecule has 1 rings (SSSR count). The largest absolute Gasteiger partial charge is 0.441 e. The second kappa shape index (κ2) is 7.97. The lowest BCUT2D eigenvalue weighted by Gasteiger charge is -2.27. The zero-order valence-corrected chi connectivity index (χ0v) is 11.9. The van der Waals surface area contributed by atoms with E-state index >= 15 is 0 Å². The second-order valence-electron chi connectivity index (χ2n) is 4.72. The molecule has 0 aromatic heterocycles. The third-order valence-electron chi connectivity index (χ3n) is 3.26. The van der Waals surface area contributed by atoms with E-state index in [1.807, 2.05) is 6.92 Å². The first kappa shape index (κ1) is 17.4. The van der Waals surface area contributed by atoms with Crippen molar-refractivity contribution < 1.29 is 25.1 Å². The van der Waals surface area contributed by atoms with Crippen molar-refractivity contribution in [3.8, 4) is 0 Å². The zero-order chi connectivity index (χ0) is 15.3. The molecule has 7 heteroatoms. The fraction of sp³-hybridized carbons (Fsp3) is 0.538. The number of hydrogen-bond acceptors (Lipinski definition) is 5. The second-order valence-corrected chi connectivity index (χ2v) is 5.12. The van der Waals surface area contributed by atoms with Gasteiger partial charge in [0.15, 0.2) is 6.29 Å². The molecule has 3 atom stereocenters. The third kappa shape index (κ3) is 4.44. The Balaban J connectivity index is 2.87. The molecule has 0 bridgehead atoms. The maximum Gasteiger partial charge on any atom is 0.283 e. The molecule has 0 heterocycles. The molecule has 0 fully saturated rings. The summed E-state index contributed by atoms with van der Waals surface area (Å²) in [5, 5.41) is 37.4. The van der Waals surface area contributed by atoms with Gasteiger partial charge < -0.3 is 25.1 Å². The molecule has 0 saturated carbocycles. The van der Waals surface area contributed by atoms with Crippen molar-refractivity contribution in [2.75, 3.05) is 6.61 Å². The van der Waals surface area contributed by atoms with E-state index in [4.69, 9.17) is 34.5 Å². The van der Waals surface area contributed by atoms with Gasteiger partial charge in [0.1, 0.15) is 6.10 Å². The Kier molecular flexibility index (Phi) is 6.95. The van der Waals surface area contributed by atoms with Crippen LogP contribution in [-0.2, 0) is 4.65 Å². The maximum atomic E-state index is 9.60. The van der Waals surface area contributed by atoms with Crippen molar-refractivity contribution in [2.45, 2.75) is 31.8 Å².